The Kier molecular flexibility index (Phi) is 6.45. The largest absolute Gasteiger partial charge is 0.469 e. The topological polar surface area (TPSA) is 91.6 Å². The second kappa shape index (κ2) is 9.28. The molecule has 1 aliphatic rings. The summed E-state index contributed by atoms with van der Waals surface area (Å²) in [5.41, 5.74) is 1.75. The van der Waals surface area contributed by atoms with Crippen molar-refractivity contribution in [3.63, 3.8) is 0 Å². The molecule has 1 aliphatic heterocycles. The number of aromatic nitrogens is 2. The lowest BCUT2D eigenvalue weighted by Gasteiger charge is -2.30. The number of thiophene rings is 1. The van der Waals surface area contributed by atoms with E-state index in [2.05, 4.69) is 29.0 Å². The lowest BCUT2D eigenvalue weighted by Crippen LogP contribution is -2.45. The number of fused-ring (bicyclic) bond motifs is 1. The Morgan fingerprint density at radius 2 is 2.00 bits per heavy atom. The minimum Gasteiger partial charge on any atom is -0.469 e. The Labute approximate surface area is 191 Å². The first kappa shape index (κ1) is 22.3. The molecule has 0 atom stereocenters. The standard InChI is InChI=1S/C23H29N5O3S/c1-5-18-17(7-13-31-18)23(30)28-9-6-19(29)24-8-10-27(11-12-28)21-20-14(2)15(3)32-22(20)26-16(4)25-21/h7,13H,5-6,8-12H2,1-4H3,(H,24,29). The van der Waals surface area contributed by atoms with Crippen LogP contribution in [0.5, 0.6) is 0 Å². The molecular weight excluding hydrogens is 426 g/mol. The summed E-state index contributed by atoms with van der Waals surface area (Å²) in [4.78, 5) is 41.1. The first-order valence-corrected chi connectivity index (χ1v) is 11.8. The number of anilines is 1. The van der Waals surface area contributed by atoms with E-state index in [0.717, 1.165) is 16.0 Å². The molecule has 3 aromatic rings. The molecule has 170 valence electrons. The summed E-state index contributed by atoms with van der Waals surface area (Å²) in [6.45, 7) is 10.7. The van der Waals surface area contributed by atoms with Gasteiger partial charge >= 0.3 is 0 Å². The Balaban J connectivity index is 1.67. The van der Waals surface area contributed by atoms with Gasteiger partial charge in [-0.2, -0.15) is 0 Å². The summed E-state index contributed by atoms with van der Waals surface area (Å²) in [6.07, 6.45) is 2.47. The smallest absolute Gasteiger partial charge is 0.257 e. The van der Waals surface area contributed by atoms with Crippen molar-refractivity contribution in [2.75, 3.05) is 37.6 Å². The Morgan fingerprint density at radius 3 is 2.78 bits per heavy atom. The lowest BCUT2D eigenvalue weighted by atomic mass is 10.1. The summed E-state index contributed by atoms with van der Waals surface area (Å²) in [5, 5.41) is 4.03. The maximum atomic E-state index is 13.3. The van der Waals surface area contributed by atoms with E-state index in [1.165, 1.54) is 10.4 Å². The van der Waals surface area contributed by atoms with E-state index in [1.54, 1.807) is 28.6 Å². The van der Waals surface area contributed by atoms with Crippen LogP contribution in [0.3, 0.4) is 0 Å². The fourth-order valence-electron chi connectivity index (χ4n) is 4.07. The van der Waals surface area contributed by atoms with Gasteiger partial charge in [-0.25, -0.2) is 9.97 Å². The zero-order chi connectivity index (χ0) is 22.8. The molecule has 0 aromatic carbocycles. The van der Waals surface area contributed by atoms with Crippen molar-refractivity contribution < 1.29 is 14.0 Å². The monoisotopic (exact) mass is 455 g/mol. The molecule has 9 heteroatoms. The number of furan rings is 1. The van der Waals surface area contributed by atoms with Gasteiger partial charge in [-0.05, 0) is 32.4 Å². The van der Waals surface area contributed by atoms with E-state index in [4.69, 9.17) is 9.40 Å². The highest BCUT2D eigenvalue weighted by Crippen LogP contribution is 2.35. The van der Waals surface area contributed by atoms with Crippen molar-refractivity contribution in [1.29, 1.82) is 0 Å². The van der Waals surface area contributed by atoms with Gasteiger partial charge in [-0.3, -0.25) is 9.59 Å². The van der Waals surface area contributed by atoms with Crippen LogP contribution in [0.25, 0.3) is 10.2 Å². The quantitative estimate of drug-likeness (QED) is 0.652. The second-order valence-electron chi connectivity index (χ2n) is 8.05. The van der Waals surface area contributed by atoms with Crippen LogP contribution in [-0.4, -0.2) is 59.4 Å². The number of hydrogen-bond donors (Lipinski definition) is 1. The van der Waals surface area contributed by atoms with Crippen LogP contribution in [0.2, 0.25) is 0 Å². The normalized spacial score (nSPS) is 15.8. The molecule has 32 heavy (non-hydrogen) atoms. The molecule has 0 aliphatic carbocycles. The molecule has 4 rings (SSSR count). The van der Waals surface area contributed by atoms with E-state index in [0.29, 0.717) is 56.3 Å². The third-order valence-electron chi connectivity index (χ3n) is 5.96. The molecular formula is C23H29N5O3S. The minimum absolute atomic E-state index is 0.0564. The van der Waals surface area contributed by atoms with Crippen molar-refractivity contribution in [2.24, 2.45) is 0 Å². The van der Waals surface area contributed by atoms with Crippen LogP contribution >= 0.6 is 11.3 Å². The van der Waals surface area contributed by atoms with Gasteiger partial charge in [0.25, 0.3) is 5.91 Å². The fraction of sp³-hybridized carbons (Fsp3) is 0.478. The van der Waals surface area contributed by atoms with Crippen molar-refractivity contribution in [1.82, 2.24) is 20.2 Å². The molecule has 0 radical (unpaired) electrons. The third-order valence-corrected chi connectivity index (χ3v) is 7.06. The van der Waals surface area contributed by atoms with E-state index in [9.17, 15) is 9.59 Å². The first-order valence-electron chi connectivity index (χ1n) is 11.0. The highest BCUT2D eigenvalue weighted by Gasteiger charge is 2.25. The zero-order valence-corrected chi connectivity index (χ0v) is 19.8. The molecule has 0 bridgehead atoms. The number of nitrogens with zero attached hydrogens (tertiary/aromatic N) is 4. The molecule has 1 fully saturated rings. The van der Waals surface area contributed by atoms with Gasteiger partial charge < -0.3 is 19.5 Å². The second-order valence-corrected chi connectivity index (χ2v) is 9.25. The van der Waals surface area contributed by atoms with E-state index >= 15 is 0 Å². The minimum atomic E-state index is -0.101. The molecule has 1 N–H and O–H groups in total. The van der Waals surface area contributed by atoms with Crippen molar-refractivity contribution >= 4 is 39.2 Å². The van der Waals surface area contributed by atoms with Crippen molar-refractivity contribution in [3.8, 4) is 0 Å². The van der Waals surface area contributed by atoms with Gasteiger partial charge in [0.15, 0.2) is 0 Å². The van der Waals surface area contributed by atoms with Gasteiger partial charge in [0, 0.05) is 50.4 Å². The number of aryl methyl sites for hydroxylation is 4. The van der Waals surface area contributed by atoms with Gasteiger partial charge in [0.2, 0.25) is 5.91 Å². The molecule has 0 spiro atoms. The molecule has 2 amide bonds. The Bertz CT molecular complexity index is 1150. The maximum absolute atomic E-state index is 13.3. The molecule has 4 heterocycles. The molecule has 1 saturated heterocycles. The molecule has 0 unspecified atom stereocenters. The highest BCUT2D eigenvalue weighted by atomic mass is 32.1. The number of hydrogen-bond acceptors (Lipinski definition) is 7. The SMILES string of the molecule is CCc1occc1C(=O)N1CCC(=O)NCCN(c2nc(C)nc3sc(C)c(C)c23)CC1. The molecule has 0 saturated carbocycles. The van der Waals surface area contributed by atoms with Crippen LogP contribution in [0.15, 0.2) is 16.7 Å². The van der Waals surface area contributed by atoms with Crippen LogP contribution < -0.4 is 10.2 Å². The average molecular weight is 456 g/mol. The summed E-state index contributed by atoms with van der Waals surface area (Å²) in [7, 11) is 0. The first-order chi connectivity index (χ1) is 15.4. The average Bonchev–Trinajstić information content (AvgIpc) is 3.35. The third kappa shape index (κ3) is 4.34. The number of carbonyl (C=O) groups excluding carboxylic acids is 2. The summed E-state index contributed by atoms with van der Waals surface area (Å²) in [6, 6.07) is 1.71. The highest BCUT2D eigenvalue weighted by molar-refractivity contribution is 7.18. The number of amides is 2. The van der Waals surface area contributed by atoms with Gasteiger partial charge in [0.05, 0.1) is 17.2 Å². The van der Waals surface area contributed by atoms with Crippen LogP contribution in [0.1, 0.15) is 45.7 Å². The Morgan fingerprint density at radius 1 is 1.19 bits per heavy atom. The van der Waals surface area contributed by atoms with E-state index < -0.39 is 0 Å². The van der Waals surface area contributed by atoms with E-state index in [1.807, 2.05) is 13.8 Å². The van der Waals surface area contributed by atoms with Gasteiger partial charge in [0.1, 0.15) is 22.2 Å². The van der Waals surface area contributed by atoms with Crippen LogP contribution in [-0.2, 0) is 11.2 Å². The Hall–Kier alpha value is -2.94. The zero-order valence-electron chi connectivity index (χ0n) is 19.0. The van der Waals surface area contributed by atoms with Gasteiger partial charge in [-0.15, -0.1) is 11.3 Å². The summed E-state index contributed by atoms with van der Waals surface area (Å²) in [5.74, 6) is 2.10. The molecule has 3 aromatic heterocycles. The van der Waals surface area contributed by atoms with Gasteiger partial charge in [-0.1, -0.05) is 6.92 Å². The number of carbonyl (C=O) groups is 2. The fourth-order valence-corrected chi connectivity index (χ4v) is 5.14. The van der Waals surface area contributed by atoms with Crippen molar-refractivity contribution in [3.05, 3.63) is 39.9 Å². The number of nitrogens with one attached hydrogen (secondary N) is 1. The number of rotatable bonds is 3. The summed E-state index contributed by atoms with van der Waals surface area (Å²) >= 11 is 1.67. The predicted molar refractivity (Wildman–Crippen MR) is 125 cm³/mol. The summed E-state index contributed by atoms with van der Waals surface area (Å²) < 4.78 is 5.46. The molecule has 8 nitrogen and oxygen atoms in total. The lowest BCUT2D eigenvalue weighted by molar-refractivity contribution is -0.121. The van der Waals surface area contributed by atoms with Crippen molar-refractivity contribution in [2.45, 2.75) is 40.5 Å². The van der Waals surface area contributed by atoms with Crippen LogP contribution in [0.4, 0.5) is 5.82 Å². The van der Waals surface area contributed by atoms with Crippen LogP contribution in [0, 0.1) is 20.8 Å². The van der Waals surface area contributed by atoms with E-state index in [-0.39, 0.29) is 18.2 Å². The maximum Gasteiger partial charge on any atom is 0.257 e. The predicted octanol–water partition coefficient (Wildman–Crippen LogP) is 3.24.